The number of fused-ring (bicyclic) bond motifs is 1. The Morgan fingerprint density at radius 2 is 2.15 bits per heavy atom. The van der Waals surface area contributed by atoms with Crippen LogP contribution in [0.25, 0.3) is 0 Å². The summed E-state index contributed by atoms with van der Waals surface area (Å²) >= 11 is 0. The van der Waals surface area contributed by atoms with Crippen molar-refractivity contribution < 1.29 is 4.74 Å². The van der Waals surface area contributed by atoms with Gasteiger partial charge in [-0.05, 0) is 36.7 Å². The van der Waals surface area contributed by atoms with Crippen LogP contribution in [0.1, 0.15) is 29.8 Å². The van der Waals surface area contributed by atoms with Crippen LogP contribution in [-0.4, -0.2) is 17.6 Å². The van der Waals surface area contributed by atoms with E-state index < -0.39 is 0 Å². The fourth-order valence-electron chi connectivity index (χ4n) is 2.74. The zero-order valence-corrected chi connectivity index (χ0v) is 12.0. The Hall–Kier alpha value is -1.87. The van der Waals surface area contributed by atoms with E-state index in [1.54, 1.807) is 0 Å². The van der Waals surface area contributed by atoms with Crippen LogP contribution in [0, 0.1) is 6.92 Å². The molecule has 2 heterocycles. The maximum absolute atomic E-state index is 6.12. The van der Waals surface area contributed by atoms with E-state index >= 15 is 0 Å². The molecule has 1 aliphatic heterocycles. The monoisotopic (exact) mass is 268 g/mol. The van der Waals surface area contributed by atoms with Gasteiger partial charge in [0.1, 0.15) is 11.9 Å². The standard InChI is InChI=1S/C17H20N2O/c1-3-18-17(14-9-8-12(2)19-11-14)16-10-13-6-4-5-7-15(13)20-16/h4-9,11,16-18H,3,10H2,1-2H3. The molecular weight excluding hydrogens is 248 g/mol. The Morgan fingerprint density at radius 3 is 2.85 bits per heavy atom. The van der Waals surface area contributed by atoms with E-state index in [0.29, 0.717) is 0 Å². The van der Waals surface area contributed by atoms with Crippen LogP contribution in [0.2, 0.25) is 0 Å². The molecule has 3 rings (SSSR count). The van der Waals surface area contributed by atoms with Gasteiger partial charge in [0, 0.05) is 18.3 Å². The van der Waals surface area contributed by atoms with Crippen molar-refractivity contribution in [1.82, 2.24) is 10.3 Å². The Balaban J connectivity index is 1.84. The van der Waals surface area contributed by atoms with Crippen LogP contribution in [0.15, 0.2) is 42.6 Å². The number of aromatic nitrogens is 1. The van der Waals surface area contributed by atoms with E-state index in [1.807, 2.05) is 25.3 Å². The van der Waals surface area contributed by atoms with Crippen molar-refractivity contribution in [3.8, 4) is 5.75 Å². The Kier molecular flexibility index (Phi) is 3.70. The molecule has 2 atom stereocenters. The highest BCUT2D eigenvalue weighted by Gasteiger charge is 2.30. The fourth-order valence-corrected chi connectivity index (χ4v) is 2.74. The molecule has 1 aromatic carbocycles. The van der Waals surface area contributed by atoms with Gasteiger partial charge in [0.25, 0.3) is 0 Å². The summed E-state index contributed by atoms with van der Waals surface area (Å²) in [5.41, 5.74) is 3.52. The molecule has 1 aliphatic rings. The summed E-state index contributed by atoms with van der Waals surface area (Å²) in [5, 5.41) is 3.53. The lowest BCUT2D eigenvalue weighted by molar-refractivity contribution is 0.179. The molecule has 0 fully saturated rings. The zero-order chi connectivity index (χ0) is 13.9. The number of likely N-dealkylation sites (N-methyl/N-ethyl adjacent to an activating group) is 1. The SMILES string of the molecule is CCNC(c1ccc(C)nc1)C1Cc2ccccc2O1. The van der Waals surface area contributed by atoms with E-state index in [0.717, 1.165) is 24.4 Å². The Bertz CT molecular complexity index is 555. The predicted molar refractivity (Wildman–Crippen MR) is 80.0 cm³/mol. The van der Waals surface area contributed by atoms with Crippen LogP contribution in [-0.2, 0) is 6.42 Å². The van der Waals surface area contributed by atoms with Crippen LogP contribution in [0.3, 0.4) is 0 Å². The van der Waals surface area contributed by atoms with Gasteiger partial charge in [-0.15, -0.1) is 0 Å². The number of nitrogens with zero attached hydrogens (tertiary/aromatic N) is 1. The number of rotatable bonds is 4. The van der Waals surface area contributed by atoms with Gasteiger partial charge in [0.05, 0.1) is 6.04 Å². The first kappa shape index (κ1) is 13.1. The molecule has 1 N–H and O–H groups in total. The number of ether oxygens (including phenoxy) is 1. The van der Waals surface area contributed by atoms with Crippen LogP contribution in [0.4, 0.5) is 0 Å². The van der Waals surface area contributed by atoms with Gasteiger partial charge in [-0.2, -0.15) is 0 Å². The summed E-state index contributed by atoms with van der Waals surface area (Å²) in [6, 6.07) is 12.7. The van der Waals surface area contributed by atoms with Crippen LogP contribution in [0.5, 0.6) is 5.75 Å². The molecule has 20 heavy (non-hydrogen) atoms. The van der Waals surface area contributed by atoms with Crippen molar-refractivity contribution in [3.63, 3.8) is 0 Å². The molecule has 1 aromatic heterocycles. The second kappa shape index (κ2) is 5.63. The second-order valence-corrected chi connectivity index (χ2v) is 5.24. The first-order valence-corrected chi connectivity index (χ1v) is 7.18. The summed E-state index contributed by atoms with van der Waals surface area (Å²) < 4.78 is 6.12. The second-order valence-electron chi connectivity index (χ2n) is 5.24. The minimum Gasteiger partial charge on any atom is -0.488 e. The third-order valence-corrected chi connectivity index (χ3v) is 3.76. The number of benzene rings is 1. The molecule has 104 valence electrons. The molecule has 0 radical (unpaired) electrons. The lowest BCUT2D eigenvalue weighted by atomic mass is 9.98. The van der Waals surface area contributed by atoms with Crippen molar-refractivity contribution >= 4 is 0 Å². The fraction of sp³-hybridized carbons (Fsp3) is 0.353. The van der Waals surface area contributed by atoms with Gasteiger partial charge in [0.2, 0.25) is 0 Å². The highest BCUT2D eigenvalue weighted by Crippen LogP contribution is 2.33. The summed E-state index contributed by atoms with van der Waals surface area (Å²) in [4.78, 5) is 4.41. The highest BCUT2D eigenvalue weighted by atomic mass is 16.5. The lowest BCUT2D eigenvalue weighted by Crippen LogP contribution is -2.34. The third-order valence-electron chi connectivity index (χ3n) is 3.76. The van der Waals surface area contributed by atoms with Crippen molar-refractivity contribution in [2.75, 3.05) is 6.54 Å². The third kappa shape index (κ3) is 2.54. The molecule has 0 spiro atoms. The Labute approximate surface area is 120 Å². The quantitative estimate of drug-likeness (QED) is 0.925. The van der Waals surface area contributed by atoms with Gasteiger partial charge in [0.15, 0.2) is 0 Å². The van der Waals surface area contributed by atoms with Crippen molar-refractivity contribution in [1.29, 1.82) is 0 Å². The number of pyridine rings is 1. The van der Waals surface area contributed by atoms with Crippen molar-refractivity contribution in [2.24, 2.45) is 0 Å². The van der Waals surface area contributed by atoms with Gasteiger partial charge in [-0.1, -0.05) is 31.2 Å². The topological polar surface area (TPSA) is 34.2 Å². The minimum absolute atomic E-state index is 0.136. The van der Waals surface area contributed by atoms with Gasteiger partial charge in [-0.3, -0.25) is 4.98 Å². The molecule has 0 saturated heterocycles. The predicted octanol–water partition coefficient (Wildman–Crippen LogP) is 3.04. The largest absolute Gasteiger partial charge is 0.488 e. The average Bonchev–Trinajstić information content (AvgIpc) is 2.89. The van der Waals surface area contributed by atoms with Crippen molar-refractivity contribution in [2.45, 2.75) is 32.4 Å². The number of nitrogens with one attached hydrogen (secondary N) is 1. The van der Waals surface area contributed by atoms with Crippen LogP contribution >= 0.6 is 0 Å². The molecule has 0 bridgehead atoms. The average molecular weight is 268 g/mol. The molecule has 3 heteroatoms. The molecule has 2 unspecified atom stereocenters. The molecule has 0 aliphatic carbocycles. The maximum atomic E-state index is 6.12. The van der Waals surface area contributed by atoms with E-state index in [-0.39, 0.29) is 12.1 Å². The van der Waals surface area contributed by atoms with E-state index in [9.17, 15) is 0 Å². The smallest absolute Gasteiger partial charge is 0.123 e. The number of hydrogen-bond donors (Lipinski definition) is 1. The lowest BCUT2D eigenvalue weighted by Gasteiger charge is -2.24. The van der Waals surface area contributed by atoms with Gasteiger partial charge >= 0.3 is 0 Å². The van der Waals surface area contributed by atoms with E-state index in [1.165, 1.54) is 11.1 Å². The van der Waals surface area contributed by atoms with Crippen LogP contribution < -0.4 is 10.1 Å². The zero-order valence-electron chi connectivity index (χ0n) is 12.0. The molecule has 0 amide bonds. The summed E-state index contributed by atoms with van der Waals surface area (Å²) in [5.74, 6) is 1.01. The minimum atomic E-state index is 0.136. The van der Waals surface area contributed by atoms with Gasteiger partial charge in [-0.25, -0.2) is 0 Å². The van der Waals surface area contributed by atoms with Crippen molar-refractivity contribution in [3.05, 3.63) is 59.4 Å². The number of hydrogen-bond acceptors (Lipinski definition) is 3. The van der Waals surface area contributed by atoms with E-state index in [2.05, 4.69) is 41.5 Å². The highest BCUT2D eigenvalue weighted by molar-refractivity contribution is 5.38. The van der Waals surface area contributed by atoms with Gasteiger partial charge < -0.3 is 10.1 Å². The first-order chi connectivity index (χ1) is 9.78. The molecule has 3 nitrogen and oxygen atoms in total. The van der Waals surface area contributed by atoms with E-state index in [4.69, 9.17) is 4.74 Å². The molecular formula is C17H20N2O. The summed E-state index contributed by atoms with van der Waals surface area (Å²) in [6.45, 7) is 5.04. The molecule has 2 aromatic rings. The number of aryl methyl sites for hydroxylation is 1. The summed E-state index contributed by atoms with van der Waals surface area (Å²) in [7, 11) is 0. The first-order valence-electron chi connectivity index (χ1n) is 7.18. The normalized spacial score (nSPS) is 18.4. The Morgan fingerprint density at radius 1 is 1.30 bits per heavy atom. The molecule has 0 saturated carbocycles. The summed E-state index contributed by atoms with van der Waals surface area (Å²) in [6.07, 6.45) is 3.04. The number of para-hydroxylation sites is 1. The maximum Gasteiger partial charge on any atom is 0.123 e.